The van der Waals surface area contributed by atoms with Crippen LogP contribution in [0.3, 0.4) is 0 Å². The summed E-state index contributed by atoms with van der Waals surface area (Å²) in [7, 11) is 2.06. The largest absolute Gasteiger partial charge is 0.480 e. The van der Waals surface area contributed by atoms with E-state index in [2.05, 4.69) is 27.4 Å². The summed E-state index contributed by atoms with van der Waals surface area (Å²) in [6.07, 6.45) is 0. The summed E-state index contributed by atoms with van der Waals surface area (Å²) in [6, 6.07) is 0. The van der Waals surface area contributed by atoms with Crippen molar-refractivity contribution in [3.05, 3.63) is 0 Å². The van der Waals surface area contributed by atoms with Crippen LogP contribution in [0.1, 0.15) is 0 Å². The maximum Gasteiger partial charge on any atom is 0.327 e. The van der Waals surface area contributed by atoms with E-state index < -0.39 is 5.97 Å². The second-order valence-corrected chi connectivity index (χ2v) is 3.80. The van der Waals surface area contributed by atoms with Crippen LogP contribution in [0.4, 0.5) is 5.95 Å². The quantitative estimate of drug-likeness (QED) is 0.671. The molecule has 0 bridgehead atoms. The molecule has 88 valence electrons. The van der Waals surface area contributed by atoms with E-state index in [9.17, 15) is 4.79 Å². The Morgan fingerprint density at radius 2 is 2.06 bits per heavy atom. The van der Waals surface area contributed by atoms with Crippen LogP contribution >= 0.6 is 0 Å². The molecule has 1 fully saturated rings. The molecule has 1 aliphatic heterocycles. The van der Waals surface area contributed by atoms with Crippen molar-refractivity contribution in [1.29, 1.82) is 0 Å². The molecule has 8 heteroatoms. The monoisotopic (exact) mass is 226 g/mol. The lowest BCUT2D eigenvalue weighted by Gasteiger charge is -2.31. The van der Waals surface area contributed by atoms with Gasteiger partial charge < -0.3 is 14.9 Å². The minimum Gasteiger partial charge on any atom is -0.480 e. The average molecular weight is 226 g/mol. The van der Waals surface area contributed by atoms with Crippen molar-refractivity contribution in [3.63, 3.8) is 0 Å². The lowest BCUT2D eigenvalue weighted by Crippen LogP contribution is -2.45. The molecular formula is C8H14N6O2. The molecule has 8 nitrogen and oxygen atoms in total. The number of tetrazole rings is 1. The Morgan fingerprint density at radius 1 is 1.38 bits per heavy atom. The third kappa shape index (κ3) is 2.45. The molecule has 0 atom stereocenters. The molecule has 1 N–H and O–H groups in total. The van der Waals surface area contributed by atoms with Gasteiger partial charge in [-0.3, -0.25) is 4.79 Å². The normalized spacial score (nSPS) is 17.7. The van der Waals surface area contributed by atoms with Gasteiger partial charge in [-0.05, 0) is 12.3 Å². The fourth-order valence-electron chi connectivity index (χ4n) is 1.56. The van der Waals surface area contributed by atoms with E-state index in [1.165, 1.54) is 0 Å². The van der Waals surface area contributed by atoms with Crippen molar-refractivity contribution in [1.82, 2.24) is 25.1 Å². The highest BCUT2D eigenvalue weighted by atomic mass is 16.4. The summed E-state index contributed by atoms with van der Waals surface area (Å²) in [5.41, 5.74) is 0. The molecule has 0 spiro atoms. The minimum atomic E-state index is -0.970. The van der Waals surface area contributed by atoms with Crippen LogP contribution < -0.4 is 4.90 Å². The van der Waals surface area contributed by atoms with Crippen LogP contribution in [0.15, 0.2) is 0 Å². The predicted molar refractivity (Wildman–Crippen MR) is 55.2 cm³/mol. The van der Waals surface area contributed by atoms with Crippen LogP contribution in [-0.2, 0) is 11.3 Å². The number of likely N-dealkylation sites (N-methyl/N-ethyl adjacent to an activating group) is 1. The Labute approximate surface area is 92.4 Å². The molecule has 1 aliphatic rings. The number of hydrogen-bond acceptors (Lipinski definition) is 6. The molecule has 0 aromatic carbocycles. The molecule has 1 aromatic rings. The van der Waals surface area contributed by atoms with E-state index in [-0.39, 0.29) is 6.54 Å². The molecule has 0 saturated carbocycles. The van der Waals surface area contributed by atoms with Gasteiger partial charge in [0.15, 0.2) is 6.54 Å². The van der Waals surface area contributed by atoms with Crippen molar-refractivity contribution >= 4 is 11.9 Å². The van der Waals surface area contributed by atoms with Gasteiger partial charge in [0.2, 0.25) is 0 Å². The molecule has 1 saturated heterocycles. The first-order valence-corrected chi connectivity index (χ1v) is 5.08. The summed E-state index contributed by atoms with van der Waals surface area (Å²) >= 11 is 0. The molecule has 0 aliphatic carbocycles. The van der Waals surface area contributed by atoms with Gasteiger partial charge in [-0.15, -0.1) is 5.10 Å². The topological polar surface area (TPSA) is 87.4 Å². The minimum absolute atomic E-state index is 0.249. The van der Waals surface area contributed by atoms with Crippen LogP contribution in [0.25, 0.3) is 0 Å². The average Bonchev–Trinajstić information content (AvgIpc) is 2.66. The van der Waals surface area contributed by atoms with Crippen molar-refractivity contribution in [2.45, 2.75) is 6.54 Å². The van der Waals surface area contributed by atoms with Crippen LogP contribution in [0, 0.1) is 0 Å². The van der Waals surface area contributed by atoms with Crippen LogP contribution in [0.2, 0.25) is 0 Å². The van der Waals surface area contributed by atoms with E-state index >= 15 is 0 Å². The number of piperazine rings is 1. The van der Waals surface area contributed by atoms with Gasteiger partial charge >= 0.3 is 5.97 Å². The molecule has 2 rings (SSSR count). The SMILES string of the molecule is CN1CCN(c2nnn(CC(=O)O)n2)CC1. The number of nitrogens with zero attached hydrogens (tertiary/aromatic N) is 6. The van der Waals surface area contributed by atoms with Crippen molar-refractivity contribution in [3.8, 4) is 0 Å². The first kappa shape index (κ1) is 10.8. The van der Waals surface area contributed by atoms with Crippen molar-refractivity contribution < 1.29 is 9.90 Å². The Morgan fingerprint density at radius 3 is 2.69 bits per heavy atom. The molecular weight excluding hydrogens is 212 g/mol. The standard InChI is InChI=1S/C8H14N6O2/c1-12-2-4-13(5-3-12)8-9-11-14(10-8)6-7(15)16/h2-6H2,1H3,(H,15,16). The lowest BCUT2D eigenvalue weighted by atomic mass is 10.3. The Balaban J connectivity index is 1.99. The Bertz CT molecular complexity index is 370. The molecule has 16 heavy (non-hydrogen) atoms. The highest BCUT2D eigenvalue weighted by Crippen LogP contribution is 2.07. The zero-order chi connectivity index (χ0) is 11.5. The van der Waals surface area contributed by atoms with E-state index in [0.717, 1.165) is 31.0 Å². The van der Waals surface area contributed by atoms with Gasteiger partial charge in [-0.2, -0.15) is 4.80 Å². The fourth-order valence-corrected chi connectivity index (χ4v) is 1.56. The Kier molecular flexibility index (Phi) is 3.00. The van der Waals surface area contributed by atoms with Gasteiger partial charge in [-0.1, -0.05) is 5.10 Å². The second-order valence-electron chi connectivity index (χ2n) is 3.80. The van der Waals surface area contributed by atoms with Crippen LogP contribution in [0.5, 0.6) is 0 Å². The first-order chi connectivity index (χ1) is 7.65. The zero-order valence-corrected chi connectivity index (χ0v) is 9.07. The summed E-state index contributed by atoms with van der Waals surface area (Å²) in [4.78, 5) is 15.8. The van der Waals surface area contributed by atoms with Crippen LogP contribution in [-0.4, -0.2) is 69.4 Å². The molecule has 0 radical (unpaired) electrons. The molecule has 2 heterocycles. The fraction of sp³-hybridized carbons (Fsp3) is 0.750. The summed E-state index contributed by atoms with van der Waals surface area (Å²) in [5, 5.41) is 20.1. The summed E-state index contributed by atoms with van der Waals surface area (Å²) < 4.78 is 0. The van der Waals surface area contributed by atoms with Crippen molar-refractivity contribution in [2.24, 2.45) is 0 Å². The predicted octanol–water partition coefficient (Wildman–Crippen LogP) is -1.49. The number of carbonyl (C=O) groups is 1. The first-order valence-electron chi connectivity index (χ1n) is 5.08. The maximum atomic E-state index is 10.4. The Hall–Kier alpha value is -1.70. The number of rotatable bonds is 3. The smallest absolute Gasteiger partial charge is 0.327 e. The third-order valence-corrected chi connectivity index (χ3v) is 2.51. The highest BCUT2D eigenvalue weighted by Gasteiger charge is 2.18. The third-order valence-electron chi connectivity index (χ3n) is 2.51. The number of aromatic nitrogens is 4. The second kappa shape index (κ2) is 4.44. The highest BCUT2D eigenvalue weighted by molar-refractivity contribution is 5.66. The van der Waals surface area contributed by atoms with Gasteiger partial charge in [0.05, 0.1) is 0 Å². The van der Waals surface area contributed by atoms with Gasteiger partial charge in [-0.25, -0.2) is 0 Å². The number of anilines is 1. The number of carboxylic acids is 1. The van der Waals surface area contributed by atoms with Gasteiger partial charge in [0.1, 0.15) is 0 Å². The number of hydrogen-bond donors (Lipinski definition) is 1. The van der Waals surface area contributed by atoms with Gasteiger partial charge in [0.25, 0.3) is 5.95 Å². The molecule has 0 amide bonds. The zero-order valence-electron chi connectivity index (χ0n) is 9.07. The lowest BCUT2D eigenvalue weighted by molar-refractivity contribution is -0.138. The van der Waals surface area contributed by atoms with Gasteiger partial charge in [0, 0.05) is 26.2 Å². The molecule has 0 unspecified atom stereocenters. The van der Waals surface area contributed by atoms with E-state index in [1.54, 1.807) is 0 Å². The van der Waals surface area contributed by atoms with E-state index in [4.69, 9.17) is 5.11 Å². The maximum absolute atomic E-state index is 10.4. The number of carboxylic acid groups (broad SMARTS) is 1. The van der Waals surface area contributed by atoms with E-state index in [0.29, 0.717) is 5.95 Å². The molecule has 1 aromatic heterocycles. The van der Waals surface area contributed by atoms with Crippen molar-refractivity contribution in [2.75, 3.05) is 38.1 Å². The summed E-state index contributed by atoms with van der Waals surface area (Å²) in [5.74, 6) is -0.461. The summed E-state index contributed by atoms with van der Waals surface area (Å²) in [6.45, 7) is 3.34. The number of aliphatic carboxylic acids is 1. The van der Waals surface area contributed by atoms with E-state index in [1.807, 2.05) is 4.90 Å².